The van der Waals surface area contributed by atoms with Crippen LogP contribution in [0, 0.1) is 11.6 Å². The fraction of sp³-hybridized carbons (Fsp3) is 0.200. The maximum Gasteiger partial charge on any atom is 0.406 e. The van der Waals surface area contributed by atoms with Crippen LogP contribution in [-0.2, 0) is 10.5 Å². The van der Waals surface area contributed by atoms with Crippen molar-refractivity contribution in [3.05, 3.63) is 93.0 Å². The van der Waals surface area contributed by atoms with E-state index in [0.717, 1.165) is 6.07 Å². The first-order valence-corrected chi connectivity index (χ1v) is 11.6. The van der Waals surface area contributed by atoms with Gasteiger partial charge in [-0.15, -0.1) is 0 Å². The number of hydrogen-bond donors (Lipinski definition) is 1. The summed E-state index contributed by atoms with van der Waals surface area (Å²) in [5.41, 5.74) is 5.49. The monoisotopic (exact) mass is 534 g/mol. The highest BCUT2D eigenvalue weighted by Gasteiger charge is 2.48. The minimum atomic E-state index is -1.71. The second-order valence-corrected chi connectivity index (χ2v) is 9.11. The number of fused-ring (bicyclic) bond motifs is 1. The summed E-state index contributed by atoms with van der Waals surface area (Å²) >= 11 is 12.5. The molecule has 0 aromatic heterocycles. The highest BCUT2D eigenvalue weighted by molar-refractivity contribution is 6.35. The molecule has 11 heteroatoms. The molecule has 1 unspecified atom stereocenters. The van der Waals surface area contributed by atoms with Gasteiger partial charge in [-0.05, 0) is 55.0 Å². The Bertz CT molecular complexity index is 1370. The van der Waals surface area contributed by atoms with Gasteiger partial charge in [-0.2, -0.15) is 0 Å². The Kier molecular flexibility index (Phi) is 6.13. The molecule has 0 radical (unpaired) electrons. The maximum atomic E-state index is 15.2. The fourth-order valence-electron chi connectivity index (χ4n) is 4.38. The van der Waals surface area contributed by atoms with E-state index in [2.05, 4.69) is 0 Å². The average Bonchev–Trinajstić information content (AvgIpc) is 3.42. The number of primary amides is 1. The molecule has 1 fully saturated rings. The first-order chi connectivity index (χ1) is 17.2. The third kappa shape index (κ3) is 4.18. The van der Waals surface area contributed by atoms with Crippen LogP contribution in [0.25, 0.3) is 0 Å². The molecule has 2 aliphatic rings. The van der Waals surface area contributed by atoms with E-state index in [0.29, 0.717) is 29.0 Å². The molecule has 186 valence electrons. The highest BCUT2D eigenvalue weighted by atomic mass is 35.5. The van der Waals surface area contributed by atoms with Crippen molar-refractivity contribution in [1.82, 2.24) is 4.90 Å². The molecular weight excluding hydrogens is 517 g/mol. The summed E-state index contributed by atoms with van der Waals surface area (Å²) in [5, 5.41) is 0.561. The van der Waals surface area contributed by atoms with Crippen LogP contribution in [0.15, 0.2) is 54.6 Å². The molecule has 36 heavy (non-hydrogen) atoms. The Hall–Kier alpha value is -3.56. The Morgan fingerprint density at radius 3 is 2.39 bits per heavy atom. The topological polar surface area (TPSA) is 91.1 Å². The molecule has 7 nitrogen and oxygen atoms in total. The quantitative estimate of drug-likeness (QED) is 0.470. The number of benzene rings is 3. The molecule has 0 saturated carbocycles. The normalized spacial score (nSPS) is 20.4. The predicted octanol–water partition coefficient (Wildman–Crippen LogP) is 5.60. The summed E-state index contributed by atoms with van der Waals surface area (Å²) in [5.74, 6) is -3.70. The average molecular weight is 535 g/mol. The summed E-state index contributed by atoms with van der Waals surface area (Å²) in [6.07, 6.45) is -0.997. The first-order valence-electron chi connectivity index (χ1n) is 10.9. The number of likely N-dealkylation sites (tertiary alicyclic amines) is 1. The van der Waals surface area contributed by atoms with Gasteiger partial charge in [0, 0.05) is 29.6 Å². The molecule has 2 aliphatic heterocycles. The number of halogens is 4. The lowest BCUT2D eigenvalue weighted by molar-refractivity contribution is -0.0459. The molecule has 2 N–H and O–H groups in total. The van der Waals surface area contributed by atoms with Gasteiger partial charge in [-0.1, -0.05) is 23.2 Å². The van der Waals surface area contributed by atoms with E-state index in [4.69, 9.17) is 43.1 Å². The van der Waals surface area contributed by atoms with Crippen LogP contribution in [0.3, 0.4) is 0 Å². The van der Waals surface area contributed by atoms with Crippen LogP contribution < -0.4 is 15.2 Å². The van der Waals surface area contributed by atoms with Crippen molar-refractivity contribution in [3.8, 4) is 11.5 Å². The lowest BCUT2D eigenvalue weighted by atomic mass is 9.97. The van der Waals surface area contributed by atoms with Crippen LogP contribution in [0.2, 0.25) is 10.0 Å². The largest absolute Gasteiger partial charge is 0.440 e. The predicted molar refractivity (Wildman–Crippen MR) is 126 cm³/mol. The standard InChI is InChI=1S/C25H18Cl2F2N2O5/c26-14-5-8-17(18(27)10-14)25(13-3-6-15(28)7-4-13)35-20-11-16(19(29)12-21(20)36-25)23(32)31-9-1-2-22(31)34-24(30)33/h3-8,10-12,22H,1-2,9H2,(H2,30,33)/t22-,25?/m0/s1. The molecule has 0 spiro atoms. The SMILES string of the molecule is NC(=O)O[C@H]1CCCN1C(=O)c1cc2c(cc1F)OC(c1ccc(F)cc1)(c1ccc(Cl)cc1Cl)O2. The molecule has 0 bridgehead atoms. The van der Waals surface area contributed by atoms with Crippen LogP contribution in [0.5, 0.6) is 11.5 Å². The number of amides is 2. The second kappa shape index (κ2) is 9.15. The van der Waals surface area contributed by atoms with Gasteiger partial charge in [-0.25, -0.2) is 13.6 Å². The number of nitrogens with zero attached hydrogens (tertiary/aromatic N) is 1. The van der Waals surface area contributed by atoms with Gasteiger partial charge in [0.15, 0.2) is 17.7 Å². The fourth-order valence-corrected chi connectivity index (χ4v) is 4.91. The molecule has 2 heterocycles. The molecule has 3 aromatic rings. The molecule has 3 aromatic carbocycles. The Labute approximate surface area is 214 Å². The second-order valence-electron chi connectivity index (χ2n) is 8.26. The van der Waals surface area contributed by atoms with E-state index in [9.17, 15) is 14.0 Å². The van der Waals surface area contributed by atoms with E-state index < -0.39 is 35.6 Å². The Morgan fingerprint density at radius 1 is 1.03 bits per heavy atom. The molecule has 0 aliphatic carbocycles. The molecular formula is C25H18Cl2F2N2O5. The third-order valence-corrected chi connectivity index (χ3v) is 6.54. The van der Waals surface area contributed by atoms with Gasteiger partial charge < -0.3 is 24.8 Å². The summed E-state index contributed by atoms with van der Waals surface area (Å²) in [6, 6.07) is 12.2. The lowest BCUT2D eigenvalue weighted by Gasteiger charge is -2.29. The summed E-state index contributed by atoms with van der Waals surface area (Å²) in [6.45, 7) is 0.255. The van der Waals surface area contributed by atoms with E-state index in [1.165, 1.54) is 41.3 Å². The van der Waals surface area contributed by atoms with E-state index in [1.807, 2.05) is 0 Å². The van der Waals surface area contributed by atoms with Crippen LogP contribution in [0.4, 0.5) is 13.6 Å². The van der Waals surface area contributed by atoms with Crippen molar-refractivity contribution >= 4 is 35.2 Å². The van der Waals surface area contributed by atoms with Crippen molar-refractivity contribution < 1.29 is 32.6 Å². The molecule has 2 atom stereocenters. The van der Waals surface area contributed by atoms with Gasteiger partial charge >= 0.3 is 11.9 Å². The summed E-state index contributed by atoms with van der Waals surface area (Å²) in [4.78, 5) is 25.6. The Morgan fingerprint density at radius 2 is 1.72 bits per heavy atom. The van der Waals surface area contributed by atoms with E-state index >= 15 is 4.39 Å². The first kappa shape index (κ1) is 24.1. The molecule has 1 saturated heterocycles. The van der Waals surface area contributed by atoms with Crippen molar-refractivity contribution in [2.24, 2.45) is 5.73 Å². The zero-order valence-electron chi connectivity index (χ0n) is 18.5. The number of ether oxygens (including phenoxy) is 3. The number of nitrogens with two attached hydrogens (primary N) is 1. The third-order valence-electron chi connectivity index (χ3n) is 5.99. The van der Waals surface area contributed by atoms with Gasteiger partial charge in [0.25, 0.3) is 5.91 Å². The van der Waals surface area contributed by atoms with Gasteiger partial charge in [0.1, 0.15) is 11.6 Å². The van der Waals surface area contributed by atoms with E-state index in [-0.39, 0.29) is 28.6 Å². The minimum absolute atomic E-state index is 0.00532. The van der Waals surface area contributed by atoms with Crippen molar-refractivity contribution in [2.45, 2.75) is 24.9 Å². The zero-order valence-corrected chi connectivity index (χ0v) is 20.0. The highest BCUT2D eigenvalue weighted by Crippen LogP contribution is 2.50. The molecule has 5 rings (SSSR count). The zero-order chi connectivity index (χ0) is 25.6. The van der Waals surface area contributed by atoms with Crippen LogP contribution >= 0.6 is 23.2 Å². The summed E-state index contributed by atoms with van der Waals surface area (Å²) in [7, 11) is 0. The van der Waals surface area contributed by atoms with Gasteiger partial charge in [0.2, 0.25) is 0 Å². The number of carbonyl (C=O) groups is 2. The summed E-state index contributed by atoms with van der Waals surface area (Å²) < 4.78 is 46.2. The van der Waals surface area contributed by atoms with Crippen molar-refractivity contribution in [1.29, 1.82) is 0 Å². The minimum Gasteiger partial charge on any atom is -0.440 e. The van der Waals surface area contributed by atoms with Gasteiger partial charge in [0.05, 0.1) is 16.1 Å². The Balaban J connectivity index is 1.56. The smallest absolute Gasteiger partial charge is 0.406 e. The van der Waals surface area contributed by atoms with Crippen molar-refractivity contribution in [2.75, 3.05) is 6.54 Å². The van der Waals surface area contributed by atoms with Crippen LogP contribution in [0.1, 0.15) is 34.3 Å². The number of hydrogen-bond acceptors (Lipinski definition) is 5. The van der Waals surface area contributed by atoms with Crippen LogP contribution in [-0.4, -0.2) is 29.7 Å². The molecule has 2 amide bonds. The maximum absolute atomic E-state index is 15.2. The van der Waals surface area contributed by atoms with Crippen molar-refractivity contribution in [3.63, 3.8) is 0 Å². The number of carbonyl (C=O) groups excluding carboxylic acids is 2. The van der Waals surface area contributed by atoms with Gasteiger partial charge in [-0.3, -0.25) is 4.79 Å². The number of rotatable bonds is 4. The van der Waals surface area contributed by atoms with E-state index in [1.54, 1.807) is 12.1 Å². The lowest BCUT2D eigenvalue weighted by Crippen LogP contribution is -2.39.